The Morgan fingerprint density at radius 2 is 1.41 bits per heavy atom. The van der Waals surface area contributed by atoms with Crippen LogP contribution in [0.3, 0.4) is 0 Å². The molecule has 86 valence electrons. The fourth-order valence-corrected chi connectivity index (χ4v) is 2.66. The van der Waals surface area contributed by atoms with Crippen LogP contribution in [0.25, 0.3) is 11.1 Å². The average molecular weight is 594 g/mol. The molecule has 4 heteroatoms. The molecule has 0 nitrogen and oxygen atoms in total. The first kappa shape index (κ1) is 18.3. The first-order chi connectivity index (χ1) is 6.86. The van der Waals surface area contributed by atoms with Crippen molar-refractivity contribution < 1.29 is 92.4 Å². The molecule has 0 aliphatic heterocycles. The van der Waals surface area contributed by atoms with Crippen molar-refractivity contribution in [3.63, 3.8) is 0 Å². The summed E-state index contributed by atoms with van der Waals surface area (Å²) in [7, 11) is 0. The molecule has 3 rings (SSSR count). The number of halogens is 3. The number of rotatable bonds is 0. The maximum atomic E-state index is 2.23. The summed E-state index contributed by atoms with van der Waals surface area (Å²) in [5.41, 5.74) is 5.83. The van der Waals surface area contributed by atoms with Crippen molar-refractivity contribution in [3.8, 4) is 11.1 Å². The predicted octanol–water partition coefficient (Wildman–Crippen LogP) is -6.56. The summed E-state index contributed by atoms with van der Waals surface area (Å²) in [6.07, 6.45) is 1.11. The van der Waals surface area contributed by atoms with Gasteiger partial charge in [0.2, 0.25) is 0 Å². The van der Waals surface area contributed by atoms with Crippen molar-refractivity contribution >= 4 is 3.87 Å². The van der Waals surface area contributed by atoms with Crippen molar-refractivity contribution in [2.24, 2.45) is 0 Å². The van der Waals surface area contributed by atoms with E-state index in [2.05, 4.69) is 62.9 Å². The quantitative estimate of drug-likeness (QED) is 0.180. The van der Waals surface area contributed by atoms with E-state index in [1.807, 2.05) is 0 Å². The van der Waals surface area contributed by atoms with Crippen LogP contribution in [0.15, 0.2) is 42.5 Å². The Morgan fingerprint density at radius 3 is 2.18 bits per heavy atom. The Labute approximate surface area is 165 Å². The standard InChI is InChI=1S/C13H9.3HI.Ti/c1-3-7-12-10(5-1)9-11-6-2-4-8-13(11)12;;;;/h1-5,7-8H,9H2;3*1H;/q;;;;+3/p-3. The van der Waals surface area contributed by atoms with Gasteiger partial charge in [0.15, 0.2) is 0 Å². The van der Waals surface area contributed by atoms with E-state index < -0.39 is 0 Å². The third-order valence-corrected chi connectivity index (χ3v) is 3.58. The predicted molar refractivity (Wildman–Crippen MR) is 54.3 cm³/mol. The number of hydrogen-bond acceptors (Lipinski definition) is 0. The van der Waals surface area contributed by atoms with Gasteiger partial charge in [-0.05, 0) is 0 Å². The van der Waals surface area contributed by atoms with Gasteiger partial charge in [0.05, 0.1) is 0 Å². The minimum absolute atomic E-state index is 0. The molecule has 0 fully saturated rings. The zero-order valence-electron chi connectivity index (χ0n) is 8.88. The maximum absolute atomic E-state index is 2.23. The van der Waals surface area contributed by atoms with E-state index in [0.29, 0.717) is 0 Å². The van der Waals surface area contributed by atoms with Crippen molar-refractivity contribution in [1.29, 1.82) is 0 Å². The summed E-state index contributed by atoms with van der Waals surface area (Å²) in [6.45, 7) is 0. The Hall–Kier alpha value is 1.34. The average Bonchev–Trinajstić information content (AvgIpc) is 2.59. The second kappa shape index (κ2) is 7.82. The van der Waals surface area contributed by atoms with Crippen LogP contribution in [0, 0.1) is 0 Å². The number of benzene rings is 2. The molecule has 0 aromatic heterocycles. The molecule has 0 saturated carbocycles. The molecule has 0 unspecified atom stereocenters. The molecule has 0 spiro atoms. The SMILES string of the molecule is [I-].[I-].[I-].[Ti+3][c]1cccc2c1Cc1ccccc1-2. The van der Waals surface area contributed by atoms with E-state index >= 15 is 0 Å². The van der Waals surface area contributed by atoms with Crippen molar-refractivity contribution in [1.82, 2.24) is 0 Å². The molecule has 1 aliphatic carbocycles. The summed E-state index contributed by atoms with van der Waals surface area (Å²) >= 11 is 2.20. The molecule has 2 aromatic rings. The summed E-state index contributed by atoms with van der Waals surface area (Å²) in [5.74, 6) is 0. The second-order valence-corrected chi connectivity index (χ2v) is 4.51. The molecule has 0 heterocycles. The topological polar surface area (TPSA) is 0 Å². The molecule has 0 radical (unpaired) electrons. The molecule has 0 amide bonds. The van der Waals surface area contributed by atoms with E-state index in [0.717, 1.165) is 6.42 Å². The number of hydrogen-bond donors (Lipinski definition) is 0. The molecule has 0 atom stereocenters. The van der Waals surface area contributed by atoms with Gasteiger partial charge in [-0.25, -0.2) is 0 Å². The molecule has 0 N–H and O–H groups in total. The van der Waals surface area contributed by atoms with Gasteiger partial charge in [-0.15, -0.1) is 0 Å². The monoisotopic (exact) mass is 594 g/mol. The van der Waals surface area contributed by atoms with Gasteiger partial charge < -0.3 is 71.9 Å². The van der Waals surface area contributed by atoms with E-state index in [-0.39, 0.29) is 71.9 Å². The van der Waals surface area contributed by atoms with Crippen LogP contribution >= 0.6 is 0 Å². The Bertz CT molecular complexity index is 512. The van der Waals surface area contributed by atoms with E-state index in [1.54, 1.807) is 0 Å². The fourth-order valence-electron chi connectivity index (χ4n) is 2.16. The van der Waals surface area contributed by atoms with Gasteiger partial charge in [0, 0.05) is 0 Å². The zero-order valence-corrected chi connectivity index (χ0v) is 16.9. The van der Waals surface area contributed by atoms with Crippen molar-refractivity contribution in [2.75, 3.05) is 0 Å². The summed E-state index contributed by atoms with van der Waals surface area (Å²) < 4.78 is 1.42. The molecule has 0 saturated heterocycles. The molecule has 2 aromatic carbocycles. The summed E-state index contributed by atoms with van der Waals surface area (Å²) in [5, 5.41) is 0. The Balaban J connectivity index is 0.000000853. The van der Waals surface area contributed by atoms with Crippen LogP contribution in [-0.2, 0) is 26.9 Å². The first-order valence-electron chi connectivity index (χ1n) is 4.78. The Kier molecular flexibility index (Phi) is 8.44. The molecule has 0 bridgehead atoms. The Morgan fingerprint density at radius 1 is 0.765 bits per heavy atom. The van der Waals surface area contributed by atoms with Gasteiger partial charge in [0.25, 0.3) is 0 Å². The van der Waals surface area contributed by atoms with E-state index in [1.165, 1.54) is 26.1 Å². The molecular weight excluding hydrogens is 585 g/mol. The van der Waals surface area contributed by atoms with E-state index in [4.69, 9.17) is 0 Å². The van der Waals surface area contributed by atoms with Crippen molar-refractivity contribution in [3.05, 3.63) is 53.6 Å². The summed E-state index contributed by atoms with van der Waals surface area (Å²) in [4.78, 5) is 0. The van der Waals surface area contributed by atoms with Gasteiger partial charge >= 0.3 is 95.4 Å². The third-order valence-electron chi connectivity index (χ3n) is 2.85. The van der Waals surface area contributed by atoms with Crippen LogP contribution in [0.1, 0.15) is 11.1 Å². The van der Waals surface area contributed by atoms with Crippen LogP contribution in [0.2, 0.25) is 0 Å². The van der Waals surface area contributed by atoms with E-state index in [9.17, 15) is 0 Å². The minimum atomic E-state index is 0. The van der Waals surface area contributed by atoms with Gasteiger partial charge in [-0.1, -0.05) is 0 Å². The summed E-state index contributed by atoms with van der Waals surface area (Å²) in [6, 6.07) is 15.3. The molecular formula is C13H9I3Ti. The van der Waals surface area contributed by atoms with Crippen LogP contribution < -0.4 is 75.8 Å². The van der Waals surface area contributed by atoms with Gasteiger partial charge in [-0.3, -0.25) is 0 Å². The normalized spacial score (nSPS) is 10.2. The molecule has 17 heavy (non-hydrogen) atoms. The third kappa shape index (κ3) is 3.46. The number of fused-ring (bicyclic) bond motifs is 3. The van der Waals surface area contributed by atoms with Gasteiger partial charge in [-0.2, -0.15) is 0 Å². The zero-order chi connectivity index (χ0) is 9.54. The van der Waals surface area contributed by atoms with Crippen LogP contribution in [0.4, 0.5) is 0 Å². The van der Waals surface area contributed by atoms with Crippen molar-refractivity contribution in [2.45, 2.75) is 6.42 Å². The van der Waals surface area contributed by atoms with Crippen LogP contribution in [0.5, 0.6) is 0 Å². The fraction of sp³-hybridized carbons (Fsp3) is 0.0769. The van der Waals surface area contributed by atoms with Crippen LogP contribution in [-0.4, -0.2) is 0 Å². The second-order valence-electron chi connectivity index (χ2n) is 3.67. The molecule has 1 aliphatic rings. The first-order valence-corrected chi connectivity index (χ1v) is 5.56. The van der Waals surface area contributed by atoms with Gasteiger partial charge in [0.1, 0.15) is 0 Å².